The van der Waals surface area contributed by atoms with Crippen LogP contribution in [0.4, 0.5) is 14.7 Å². The van der Waals surface area contributed by atoms with Crippen molar-refractivity contribution in [3.8, 4) is 5.75 Å². The Bertz CT molecular complexity index is 1610. The quantitative estimate of drug-likeness (QED) is 0.202. The zero-order valence-electron chi connectivity index (χ0n) is 27.0. The fourth-order valence-electron chi connectivity index (χ4n) is 6.14. The van der Waals surface area contributed by atoms with Crippen molar-refractivity contribution in [2.24, 2.45) is 0 Å². The molecule has 48 heavy (non-hydrogen) atoms. The summed E-state index contributed by atoms with van der Waals surface area (Å²) in [6, 6.07) is 9.21. The summed E-state index contributed by atoms with van der Waals surface area (Å²) < 4.78 is 47.3. The number of carbonyl (C=O) groups is 2. The SMILES string of the molecule is CC(CCC(=O)NC=O)c1ccc(OC2CCN(CCCS(=O)N3CCC(Nc4ncc5cc(C(F)F)c(=O)[nH]c5n4)CC3)CC2)cc1. The molecule has 2 aliphatic heterocycles. The van der Waals surface area contributed by atoms with Crippen molar-refractivity contribution in [1.82, 2.24) is 29.5 Å². The van der Waals surface area contributed by atoms with Crippen molar-refractivity contribution >= 4 is 40.3 Å². The molecule has 0 bridgehead atoms. The predicted molar refractivity (Wildman–Crippen MR) is 179 cm³/mol. The molecule has 0 saturated carbocycles. The number of alkyl halides is 2. The van der Waals surface area contributed by atoms with Gasteiger partial charge in [-0.2, -0.15) is 4.98 Å². The fourth-order valence-corrected chi connectivity index (χ4v) is 7.39. The Kier molecular flexibility index (Phi) is 12.6. The molecule has 260 valence electrons. The molecule has 1 aromatic carbocycles. The number of nitrogens with one attached hydrogen (secondary N) is 3. The zero-order valence-corrected chi connectivity index (χ0v) is 27.9. The lowest BCUT2D eigenvalue weighted by molar-refractivity contribution is -0.125. The van der Waals surface area contributed by atoms with Gasteiger partial charge < -0.3 is 19.9 Å². The minimum absolute atomic E-state index is 0.0717. The van der Waals surface area contributed by atoms with Crippen molar-refractivity contribution in [2.45, 2.75) is 76.4 Å². The van der Waals surface area contributed by atoms with Gasteiger partial charge in [-0.25, -0.2) is 22.3 Å². The number of pyridine rings is 1. The Balaban J connectivity index is 0.962. The molecule has 2 unspecified atom stereocenters. The number of rotatable bonds is 15. The van der Waals surface area contributed by atoms with Crippen LogP contribution in [0.15, 0.2) is 41.3 Å². The lowest BCUT2D eigenvalue weighted by atomic mass is 9.96. The van der Waals surface area contributed by atoms with Crippen molar-refractivity contribution in [1.29, 1.82) is 0 Å². The first-order valence-corrected chi connectivity index (χ1v) is 17.8. The molecule has 2 atom stereocenters. The Morgan fingerprint density at radius 3 is 2.56 bits per heavy atom. The molecule has 0 aliphatic carbocycles. The van der Waals surface area contributed by atoms with Crippen LogP contribution < -0.4 is 20.9 Å². The fraction of sp³-hybridized carbons (Fsp3) is 0.545. The van der Waals surface area contributed by atoms with E-state index in [4.69, 9.17) is 4.74 Å². The van der Waals surface area contributed by atoms with Crippen LogP contribution in [0, 0.1) is 0 Å². The summed E-state index contributed by atoms with van der Waals surface area (Å²) in [5.41, 5.74) is -0.139. The van der Waals surface area contributed by atoms with E-state index in [1.54, 1.807) is 0 Å². The molecule has 2 aromatic heterocycles. The van der Waals surface area contributed by atoms with Crippen LogP contribution in [-0.2, 0) is 20.6 Å². The predicted octanol–water partition coefficient (Wildman–Crippen LogP) is 3.89. The first-order valence-electron chi connectivity index (χ1n) is 16.5. The lowest BCUT2D eigenvalue weighted by Crippen LogP contribution is -2.42. The number of fused-ring (bicyclic) bond motifs is 1. The van der Waals surface area contributed by atoms with E-state index in [9.17, 15) is 27.4 Å². The number of benzene rings is 1. The van der Waals surface area contributed by atoms with Crippen LogP contribution in [0.3, 0.4) is 0 Å². The maximum atomic E-state index is 13.0. The molecular formula is C33H43F2N7O5S. The topological polar surface area (TPSA) is 150 Å². The molecule has 2 fully saturated rings. The highest BCUT2D eigenvalue weighted by molar-refractivity contribution is 7.82. The number of likely N-dealkylation sites (tertiary alicyclic amines) is 1. The number of halogens is 2. The number of anilines is 1. The third-order valence-corrected chi connectivity index (χ3v) is 10.6. The minimum atomic E-state index is -2.87. The zero-order chi connectivity index (χ0) is 34.0. The van der Waals surface area contributed by atoms with Gasteiger partial charge in [-0.1, -0.05) is 19.1 Å². The second kappa shape index (κ2) is 17.0. The van der Waals surface area contributed by atoms with Gasteiger partial charge in [0.05, 0.1) is 16.5 Å². The second-order valence-electron chi connectivity index (χ2n) is 12.4. The Morgan fingerprint density at radius 1 is 1.15 bits per heavy atom. The third-order valence-electron chi connectivity index (χ3n) is 9.04. The Morgan fingerprint density at radius 2 is 1.88 bits per heavy atom. The van der Waals surface area contributed by atoms with E-state index in [0.29, 0.717) is 49.4 Å². The van der Waals surface area contributed by atoms with Gasteiger partial charge >= 0.3 is 0 Å². The average Bonchev–Trinajstić information content (AvgIpc) is 3.08. The van der Waals surface area contributed by atoms with E-state index in [0.717, 1.165) is 69.1 Å². The highest BCUT2D eigenvalue weighted by Crippen LogP contribution is 2.25. The highest BCUT2D eigenvalue weighted by Gasteiger charge is 2.25. The standard InChI is InChI=1S/C33H43F2N7O5S/c1-22(3-8-29(44)37-21-43)23-4-6-26(7-5-23)47-27-11-14-41(15-12-27)13-2-18-48(46)42-16-9-25(10-17-42)38-33-36-20-24-19-28(30(34)35)32(45)39-31(24)40-33/h4-7,19-22,25,27,30H,2-3,8-18H2,1H3,(H,37,43,44)(H2,36,38,39,40,45). The largest absolute Gasteiger partial charge is 0.490 e. The number of ether oxygens (including phenoxy) is 1. The molecule has 0 radical (unpaired) electrons. The molecule has 0 spiro atoms. The number of imide groups is 1. The van der Waals surface area contributed by atoms with Gasteiger partial charge in [0.2, 0.25) is 18.3 Å². The van der Waals surface area contributed by atoms with Crippen LogP contribution in [0.1, 0.15) is 75.3 Å². The summed E-state index contributed by atoms with van der Waals surface area (Å²) >= 11 is 0. The molecule has 2 saturated heterocycles. The first kappa shape index (κ1) is 35.5. The highest BCUT2D eigenvalue weighted by atomic mass is 32.2. The summed E-state index contributed by atoms with van der Waals surface area (Å²) in [5, 5.41) is 5.77. The summed E-state index contributed by atoms with van der Waals surface area (Å²) in [4.78, 5) is 47.2. The van der Waals surface area contributed by atoms with Gasteiger partial charge in [0.15, 0.2) is 0 Å². The van der Waals surface area contributed by atoms with Gasteiger partial charge in [0.1, 0.15) is 17.5 Å². The summed E-state index contributed by atoms with van der Waals surface area (Å²) in [6.45, 7) is 6.18. The van der Waals surface area contributed by atoms with Gasteiger partial charge in [0.25, 0.3) is 12.0 Å². The number of aromatic amines is 1. The van der Waals surface area contributed by atoms with Crippen LogP contribution in [0.2, 0.25) is 0 Å². The van der Waals surface area contributed by atoms with Crippen LogP contribution >= 0.6 is 0 Å². The number of hydrogen-bond donors (Lipinski definition) is 3. The number of nitrogens with zero attached hydrogens (tertiary/aromatic N) is 4. The maximum Gasteiger partial charge on any atom is 0.269 e. The number of H-pyrrole nitrogens is 1. The monoisotopic (exact) mass is 687 g/mol. The molecule has 15 heteroatoms. The average molecular weight is 688 g/mol. The molecule has 3 aromatic rings. The number of carbonyl (C=O) groups excluding carboxylic acids is 2. The Hall–Kier alpha value is -3.82. The summed E-state index contributed by atoms with van der Waals surface area (Å²) in [7, 11) is -1.06. The van der Waals surface area contributed by atoms with Crippen molar-refractivity contribution in [3.63, 3.8) is 0 Å². The van der Waals surface area contributed by atoms with Gasteiger partial charge in [-0.05, 0) is 74.8 Å². The Labute approximate surface area is 280 Å². The van der Waals surface area contributed by atoms with Crippen LogP contribution in [-0.4, -0.2) is 91.3 Å². The second-order valence-corrected chi connectivity index (χ2v) is 14.0. The number of piperidine rings is 2. The van der Waals surface area contributed by atoms with Crippen molar-refractivity contribution in [2.75, 3.05) is 43.8 Å². The van der Waals surface area contributed by atoms with E-state index in [2.05, 4.69) is 37.4 Å². The molecule has 4 heterocycles. The van der Waals surface area contributed by atoms with E-state index < -0.39 is 28.5 Å². The lowest BCUT2D eigenvalue weighted by Gasteiger charge is -2.33. The van der Waals surface area contributed by atoms with Crippen molar-refractivity contribution in [3.05, 3.63) is 58.0 Å². The minimum Gasteiger partial charge on any atom is -0.490 e. The van der Waals surface area contributed by atoms with Gasteiger partial charge in [0, 0.05) is 56.0 Å². The maximum absolute atomic E-state index is 13.0. The van der Waals surface area contributed by atoms with Gasteiger partial charge in [-0.15, -0.1) is 0 Å². The van der Waals surface area contributed by atoms with Crippen LogP contribution in [0.5, 0.6) is 5.75 Å². The third kappa shape index (κ3) is 9.86. The number of amides is 2. The molecule has 3 N–H and O–H groups in total. The van der Waals surface area contributed by atoms with E-state index >= 15 is 0 Å². The number of hydrogen-bond acceptors (Lipinski definition) is 9. The summed E-state index contributed by atoms with van der Waals surface area (Å²) in [5.74, 6) is 1.70. The van der Waals surface area contributed by atoms with E-state index in [1.165, 1.54) is 6.20 Å². The summed E-state index contributed by atoms with van der Waals surface area (Å²) in [6.07, 6.45) is 4.30. The van der Waals surface area contributed by atoms with Gasteiger partial charge in [-0.3, -0.25) is 19.7 Å². The van der Waals surface area contributed by atoms with E-state index in [1.807, 2.05) is 28.6 Å². The van der Waals surface area contributed by atoms with Crippen LogP contribution in [0.25, 0.3) is 11.0 Å². The van der Waals surface area contributed by atoms with E-state index in [-0.39, 0.29) is 29.6 Å². The molecular weight excluding hydrogens is 644 g/mol. The smallest absolute Gasteiger partial charge is 0.269 e. The molecule has 5 rings (SSSR count). The first-order chi connectivity index (χ1) is 23.2. The molecule has 2 aliphatic rings. The normalized spacial score (nSPS) is 18.1. The molecule has 2 amide bonds. The molecule has 12 nitrogen and oxygen atoms in total. The van der Waals surface area contributed by atoms with Crippen molar-refractivity contribution < 1.29 is 27.3 Å². The number of aromatic nitrogens is 3.